The number of fused-ring (bicyclic) bond motifs is 8. The van der Waals surface area contributed by atoms with Gasteiger partial charge < -0.3 is 0 Å². The minimum absolute atomic E-state index is 1.16. The molecule has 0 unspecified atom stereocenters. The van der Waals surface area contributed by atoms with Gasteiger partial charge in [0, 0.05) is 48.2 Å². The van der Waals surface area contributed by atoms with Gasteiger partial charge in [0.25, 0.3) is 0 Å². The smallest absolute Gasteiger partial charge is 0.0440 e. The third-order valence-corrected chi connectivity index (χ3v) is 8.09. The minimum Gasteiger partial charge on any atom is -0.264 e. The van der Waals surface area contributed by atoms with Crippen molar-refractivity contribution in [3.05, 3.63) is 90.6 Å². The van der Waals surface area contributed by atoms with Crippen LogP contribution >= 0.6 is 22.7 Å². The van der Waals surface area contributed by atoms with E-state index in [-0.39, 0.29) is 0 Å². The van der Waals surface area contributed by atoms with E-state index in [0.29, 0.717) is 0 Å². The summed E-state index contributed by atoms with van der Waals surface area (Å²) < 4.78 is 4.05. The van der Waals surface area contributed by atoms with Crippen molar-refractivity contribution < 1.29 is 0 Å². The molecule has 0 aliphatic rings. The maximum Gasteiger partial charge on any atom is 0.0440 e. The minimum atomic E-state index is 1.16. The fourth-order valence-corrected chi connectivity index (χ4v) is 6.72. The van der Waals surface area contributed by atoms with Crippen LogP contribution in [0.25, 0.3) is 62.9 Å². The first kappa shape index (κ1) is 16.5. The molecule has 0 aliphatic carbocycles. The molecule has 4 aromatic carbocycles. The predicted molar refractivity (Wildman–Crippen MR) is 133 cm³/mol. The highest BCUT2D eigenvalue weighted by molar-refractivity contribution is 7.26. The Balaban J connectivity index is 1.77. The van der Waals surface area contributed by atoms with Crippen LogP contribution in [0.2, 0.25) is 0 Å². The van der Waals surface area contributed by atoms with Gasteiger partial charge in [-0.2, -0.15) is 0 Å². The van der Waals surface area contributed by atoms with Crippen molar-refractivity contribution in [2.75, 3.05) is 0 Å². The molecule has 0 radical (unpaired) electrons. The van der Waals surface area contributed by atoms with Gasteiger partial charge in [0.15, 0.2) is 0 Å². The van der Waals surface area contributed by atoms with Crippen LogP contribution in [0.3, 0.4) is 0 Å². The molecule has 0 saturated carbocycles. The monoisotopic (exact) mass is 417 g/mol. The van der Waals surface area contributed by atoms with Gasteiger partial charge >= 0.3 is 0 Å². The van der Waals surface area contributed by atoms with Gasteiger partial charge in [-0.3, -0.25) is 4.98 Å². The van der Waals surface area contributed by atoms with Crippen molar-refractivity contribution in [2.45, 2.75) is 0 Å². The summed E-state index contributed by atoms with van der Waals surface area (Å²) in [6, 6.07) is 26.8. The van der Waals surface area contributed by atoms with E-state index in [0.717, 1.165) is 5.56 Å². The number of thiophene rings is 2. The number of aromatic nitrogens is 1. The molecular formula is C27H15NS2. The van der Waals surface area contributed by atoms with Crippen molar-refractivity contribution in [1.82, 2.24) is 4.98 Å². The van der Waals surface area contributed by atoms with Crippen LogP contribution in [-0.2, 0) is 0 Å². The molecule has 0 spiro atoms. The fraction of sp³-hybridized carbons (Fsp3) is 0. The number of benzene rings is 4. The Morgan fingerprint density at radius 1 is 0.667 bits per heavy atom. The lowest BCUT2D eigenvalue weighted by Gasteiger charge is -2.12. The zero-order chi connectivity index (χ0) is 19.7. The van der Waals surface area contributed by atoms with E-state index >= 15 is 0 Å². The lowest BCUT2D eigenvalue weighted by Crippen LogP contribution is -1.86. The Morgan fingerprint density at radius 2 is 1.60 bits per heavy atom. The quantitative estimate of drug-likeness (QED) is 0.244. The molecule has 7 rings (SSSR count). The molecule has 3 heterocycles. The molecule has 0 aliphatic heterocycles. The van der Waals surface area contributed by atoms with Crippen LogP contribution in [0.1, 0.15) is 0 Å². The van der Waals surface area contributed by atoms with Crippen molar-refractivity contribution in [3.63, 3.8) is 0 Å². The average molecular weight is 418 g/mol. The zero-order valence-electron chi connectivity index (χ0n) is 15.9. The van der Waals surface area contributed by atoms with E-state index in [2.05, 4.69) is 77.1 Å². The molecule has 1 nitrogen and oxygen atoms in total. The van der Waals surface area contributed by atoms with Crippen molar-refractivity contribution >= 4 is 74.5 Å². The standard InChI is InChI=1S/C27H15NS2/c1-2-6-24-19(5-1)21-8-7-20-22(17-4-3-10-28-15-17)13-18-14-25-16(9-11-29-25)12-23(18)26(20)27(21)30-24/h1-15H. The van der Waals surface area contributed by atoms with Crippen LogP contribution in [0.4, 0.5) is 0 Å². The number of nitrogens with zero attached hydrogens (tertiary/aromatic N) is 1. The second-order valence-corrected chi connectivity index (χ2v) is 9.66. The third kappa shape index (κ3) is 2.25. The molecule has 0 atom stereocenters. The maximum absolute atomic E-state index is 4.39. The Morgan fingerprint density at radius 3 is 2.53 bits per heavy atom. The summed E-state index contributed by atoms with van der Waals surface area (Å²) >= 11 is 3.71. The first-order valence-corrected chi connectivity index (χ1v) is 11.6. The SMILES string of the molecule is c1cncc(-c2cc3cc4sccc4cc3c3c2ccc2c4ccccc4sc23)c1. The molecular weight excluding hydrogens is 402 g/mol. The lowest BCUT2D eigenvalue weighted by molar-refractivity contribution is 1.33. The van der Waals surface area contributed by atoms with E-state index in [1.54, 1.807) is 11.3 Å². The largest absolute Gasteiger partial charge is 0.264 e. The Hall–Kier alpha value is -3.27. The number of hydrogen-bond donors (Lipinski definition) is 0. The number of rotatable bonds is 1. The van der Waals surface area contributed by atoms with E-state index < -0.39 is 0 Å². The summed E-state index contributed by atoms with van der Waals surface area (Å²) in [5.74, 6) is 0. The van der Waals surface area contributed by atoms with Crippen LogP contribution < -0.4 is 0 Å². The highest BCUT2D eigenvalue weighted by Gasteiger charge is 2.15. The lowest BCUT2D eigenvalue weighted by atomic mass is 9.92. The van der Waals surface area contributed by atoms with E-state index in [4.69, 9.17) is 0 Å². The van der Waals surface area contributed by atoms with E-state index in [1.165, 1.54) is 57.4 Å². The highest BCUT2D eigenvalue weighted by atomic mass is 32.1. The summed E-state index contributed by atoms with van der Waals surface area (Å²) in [6.07, 6.45) is 3.81. The number of hydrogen-bond acceptors (Lipinski definition) is 3. The molecule has 3 heteroatoms. The topological polar surface area (TPSA) is 12.9 Å². The van der Waals surface area contributed by atoms with Crippen LogP contribution in [0.5, 0.6) is 0 Å². The van der Waals surface area contributed by atoms with Crippen molar-refractivity contribution in [1.29, 1.82) is 0 Å². The zero-order valence-corrected chi connectivity index (χ0v) is 17.6. The van der Waals surface area contributed by atoms with Crippen molar-refractivity contribution in [3.8, 4) is 11.1 Å². The van der Waals surface area contributed by atoms with E-state index in [1.807, 2.05) is 29.8 Å². The molecule has 0 amide bonds. The summed E-state index contributed by atoms with van der Waals surface area (Å²) in [6.45, 7) is 0. The number of pyridine rings is 1. The van der Waals surface area contributed by atoms with Gasteiger partial charge in [0.05, 0.1) is 0 Å². The van der Waals surface area contributed by atoms with E-state index in [9.17, 15) is 0 Å². The second kappa shape index (κ2) is 6.11. The Kier molecular flexibility index (Phi) is 3.37. The van der Waals surface area contributed by atoms with Gasteiger partial charge in [0.1, 0.15) is 0 Å². The summed E-state index contributed by atoms with van der Waals surface area (Å²) in [4.78, 5) is 4.39. The molecule has 0 saturated heterocycles. The summed E-state index contributed by atoms with van der Waals surface area (Å²) in [5.41, 5.74) is 2.41. The predicted octanol–water partition coefficient (Wildman–Crippen LogP) is 8.64. The normalized spacial score (nSPS) is 12.0. The first-order chi connectivity index (χ1) is 14.9. The van der Waals surface area contributed by atoms with Crippen LogP contribution in [0, 0.1) is 0 Å². The van der Waals surface area contributed by atoms with Crippen LogP contribution in [0.15, 0.2) is 90.6 Å². The fourth-order valence-electron chi connectivity index (χ4n) is 4.64. The highest BCUT2D eigenvalue weighted by Crippen LogP contribution is 2.45. The Labute approximate surface area is 180 Å². The van der Waals surface area contributed by atoms with Gasteiger partial charge in [-0.1, -0.05) is 36.4 Å². The summed E-state index contributed by atoms with van der Waals surface area (Å²) in [5, 5.41) is 11.5. The molecule has 7 aromatic rings. The second-order valence-electron chi connectivity index (χ2n) is 7.66. The van der Waals surface area contributed by atoms with Crippen molar-refractivity contribution in [2.24, 2.45) is 0 Å². The van der Waals surface area contributed by atoms with Gasteiger partial charge in [0.2, 0.25) is 0 Å². The summed E-state index contributed by atoms with van der Waals surface area (Å²) in [7, 11) is 0. The van der Waals surface area contributed by atoms with Gasteiger partial charge in [-0.05, 0) is 68.9 Å². The maximum atomic E-state index is 4.39. The Bertz CT molecular complexity index is 1730. The molecule has 0 fully saturated rings. The van der Waals surface area contributed by atoms with Crippen LogP contribution in [-0.4, -0.2) is 4.98 Å². The molecule has 3 aromatic heterocycles. The average Bonchev–Trinajstić information content (AvgIpc) is 3.41. The van der Waals surface area contributed by atoms with Gasteiger partial charge in [-0.25, -0.2) is 0 Å². The molecule has 140 valence electrons. The van der Waals surface area contributed by atoms with Gasteiger partial charge in [-0.15, -0.1) is 22.7 Å². The first-order valence-electron chi connectivity index (χ1n) is 9.95. The molecule has 0 bridgehead atoms. The third-order valence-electron chi connectivity index (χ3n) is 6.00. The molecule has 0 N–H and O–H groups in total. The molecule has 30 heavy (non-hydrogen) atoms.